The third kappa shape index (κ3) is 3.48. The number of dihydropyridines is 1. The lowest BCUT2D eigenvalue weighted by Crippen LogP contribution is -2.52. The molecule has 0 spiro atoms. The van der Waals surface area contributed by atoms with Crippen LogP contribution in [0.2, 0.25) is 0 Å². The summed E-state index contributed by atoms with van der Waals surface area (Å²) in [7, 11) is 0. The number of Topliss-reactive ketones (excluding diaryl/α,β-unsaturated/α-hetero) is 1. The van der Waals surface area contributed by atoms with Gasteiger partial charge in [-0.05, 0) is 38.8 Å². The molecule has 2 heterocycles. The van der Waals surface area contributed by atoms with E-state index < -0.39 is 6.17 Å². The summed E-state index contributed by atoms with van der Waals surface area (Å²) in [4.78, 5) is 44.7. The van der Waals surface area contributed by atoms with Gasteiger partial charge >= 0.3 is 0 Å². The first-order valence-electron chi connectivity index (χ1n) is 10.7. The fourth-order valence-corrected chi connectivity index (χ4v) is 4.69. The number of nitrogens with zero attached hydrogens (tertiary/aromatic N) is 2. The van der Waals surface area contributed by atoms with Crippen molar-refractivity contribution < 1.29 is 14.4 Å². The zero-order valence-electron chi connectivity index (χ0n) is 18.9. The first-order chi connectivity index (χ1) is 14.1. The van der Waals surface area contributed by atoms with E-state index in [0.29, 0.717) is 11.3 Å². The number of aliphatic imine (C=N–C) groups is 1. The third-order valence-corrected chi connectivity index (χ3v) is 6.06. The number of amides is 2. The van der Waals surface area contributed by atoms with E-state index in [1.54, 1.807) is 13.8 Å². The van der Waals surface area contributed by atoms with Gasteiger partial charge in [-0.15, -0.1) is 0 Å². The molecule has 0 aromatic heterocycles. The van der Waals surface area contributed by atoms with Gasteiger partial charge in [-0.3, -0.25) is 24.3 Å². The van der Waals surface area contributed by atoms with E-state index in [9.17, 15) is 14.4 Å². The lowest BCUT2D eigenvalue weighted by Gasteiger charge is -2.31. The van der Waals surface area contributed by atoms with Gasteiger partial charge in [-0.1, -0.05) is 38.5 Å². The van der Waals surface area contributed by atoms with Crippen molar-refractivity contribution in [2.75, 3.05) is 0 Å². The Labute approximate surface area is 178 Å². The summed E-state index contributed by atoms with van der Waals surface area (Å²) in [5.41, 5.74) is 5.90. The molecular formula is C24H31N3O3. The molecule has 30 heavy (non-hydrogen) atoms. The number of aryl methyl sites for hydroxylation is 3. The van der Waals surface area contributed by atoms with Crippen LogP contribution in [-0.2, 0) is 14.4 Å². The predicted molar refractivity (Wildman–Crippen MR) is 117 cm³/mol. The Balaban J connectivity index is 2.01. The second-order valence-electron chi connectivity index (χ2n) is 8.33. The first-order valence-corrected chi connectivity index (χ1v) is 10.7. The number of ketones is 1. The third-order valence-electron chi connectivity index (χ3n) is 6.06. The molecule has 0 aliphatic carbocycles. The molecule has 0 saturated heterocycles. The normalized spacial score (nSPS) is 23.1. The van der Waals surface area contributed by atoms with Crippen molar-refractivity contribution in [1.82, 2.24) is 10.2 Å². The standard InChI is InChI=1S/C24H31N3O3/c1-8-17(28)27(18(29)9-2)24-15(6)20-21(26-24)16(7)25-22(23(20)30)19-13(4)10-12(3)11-14(19)5/h10-11,15-16,24,26H,8-9H2,1-7H3. The number of hydrogen-bond acceptors (Lipinski definition) is 5. The molecule has 0 saturated carbocycles. The van der Waals surface area contributed by atoms with Gasteiger partial charge in [0.15, 0.2) is 0 Å². The maximum Gasteiger partial charge on any atom is 0.230 e. The SMILES string of the molecule is CCC(=O)N(C(=O)CC)C1NC2=C(C(=O)C(c3c(C)cc(C)cc3C)=NC2C)C1C. The summed E-state index contributed by atoms with van der Waals surface area (Å²) in [5.74, 6) is -0.902. The number of nitrogens with one attached hydrogen (secondary N) is 1. The molecule has 3 unspecified atom stereocenters. The van der Waals surface area contributed by atoms with Gasteiger partial charge in [0, 0.05) is 35.6 Å². The number of rotatable bonds is 4. The van der Waals surface area contributed by atoms with Crippen LogP contribution < -0.4 is 5.32 Å². The molecule has 6 heteroatoms. The second-order valence-corrected chi connectivity index (χ2v) is 8.33. The maximum atomic E-state index is 13.6. The Morgan fingerprint density at radius 2 is 1.57 bits per heavy atom. The number of benzene rings is 1. The van der Waals surface area contributed by atoms with Crippen LogP contribution in [0.5, 0.6) is 0 Å². The molecule has 160 valence electrons. The van der Waals surface area contributed by atoms with Crippen molar-refractivity contribution in [3.05, 3.63) is 45.7 Å². The molecular weight excluding hydrogens is 378 g/mol. The molecule has 0 bridgehead atoms. The highest BCUT2D eigenvalue weighted by Crippen LogP contribution is 2.36. The minimum Gasteiger partial charge on any atom is -0.366 e. The van der Waals surface area contributed by atoms with E-state index in [4.69, 9.17) is 4.99 Å². The van der Waals surface area contributed by atoms with Crippen LogP contribution in [0, 0.1) is 26.7 Å². The highest BCUT2D eigenvalue weighted by Gasteiger charge is 2.46. The Bertz CT molecular complexity index is 950. The van der Waals surface area contributed by atoms with E-state index in [1.807, 2.05) is 34.6 Å². The molecule has 6 nitrogen and oxygen atoms in total. The topological polar surface area (TPSA) is 78.8 Å². The van der Waals surface area contributed by atoms with Crippen LogP contribution in [0.3, 0.4) is 0 Å². The van der Waals surface area contributed by atoms with E-state index in [0.717, 1.165) is 28.0 Å². The highest BCUT2D eigenvalue weighted by atomic mass is 16.2. The van der Waals surface area contributed by atoms with Crippen molar-refractivity contribution >= 4 is 23.3 Å². The number of hydrogen-bond donors (Lipinski definition) is 1. The van der Waals surface area contributed by atoms with Gasteiger partial charge in [-0.2, -0.15) is 0 Å². The molecule has 1 aromatic carbocycles. The highest BCUT2D eigenvalue weighted by molar-refractivity contribution is 6.52. The lowest BCUT2D eigenvalue weighted by molar-refractivity contribution is -0.148. The van der Waals surface area contributed by atoms with E-state index >= 15 is 0 Å². The van der Waals surface area contributed by atoms with Crippen LogP contribution in [0.25, 0.3) is 0 Å². The van der Waals surface area contributed by atoms with Gasteiger partial charge in [0.1, 0.15) is 11.9 Å². The Hall–Kier alpha value is -2.76. The maximum absolute atomic E-state index is 13.6. The van der Waals surface area contributed by atoms with Crippen LogP contribution in [0.15, 0.2) is 28.4 Å². The van der Waals surface area contributed by atoms with Crippen molar-refractivity contribution in [3.63, 3.8) is 0 Å². The Kier molecular flexibility index (Phi) is 5.97. The van der Waals surface area contributed by atoms with Crippen molar-refractivity contribution in [1.29, 1.82) is 0 Å². The molecule has 0 fully saturated rings. The molecule has 0 radical (unpaired) electrons. The van der Waals surface area contributed by atoms with E-state index in [2.05, 4.69) is 17.4 Å². The van der Waals surface area contributed by atoms with Gasteiger partial charge < -0.3 is 5.32 Å². The average molecular weight is 410 g/mol. The summed E-state index contributed by atoms with van der Waals surface area (Å²) in [6.45, 7) is 13.4. The van der Waals surface area contributed by atoms with Crippen molar-refractivity contribution in [2.45, 2.75) is 73.5 Å². The Morgan fingerprint density at radius 1 is 1.03 bits per heavy atom. The second kappa shape index (κ2) is 8.17. The largest absolute Gasteiger partial charge is 0.366 e. The van der Waals surface area contributed by atoms with Gasteiger partial charge in [-0.25, -0.2) is 0 Å². The van der Waals surface area contributed by atoms with Crippen molar-refractivity contribution in [3.8, 4) is 0 Å². The van der Waals surface area contributed by atoms with E-state index in [-0.39, 0.29) is 42.4 Å². The molecule has 1 aromatic rings. The molecule has 3 atom stereocenters. The lowest BCUT2D eigenvalue weighted by atomic mass is 9.85. The van der Waals surface area contributed by atoms with Crippen LogP contribution >= 0.6 is 0 Å². The number of carbonyl (C=O) groups excluding carboxylic acids is 3. The van der Waals surface area contributed by atoms with Crippen LogP contribution in [0.1, 0.15) is 62.8 Å². The minimum absolute atomic E-state index is 0.117. The summed E-state index contributed by atoms with van der Waals surface area (Å²) < 4.78 is 0. The molecule has 2 aliphatic heterocycles. The summed E-state index contributed by atoms with van der Waals surface area (Å²) in [6.07, 6.45) is -0.0983. The minimum atomic E-state index is -0.559. The molecule has 2 amide bonds. The molecule has 2 aliphatic rings. The predicted octanol–water partition coefficient (Wildman–Crippen LogP) is 3.37. The first kappa shape index (κ1) is 21.9. The summed E-state index contributed by atoms with van der Waals surface area (Å²) in [6, 6.07) is 3.87. The smallest absolute Gasteiger partial charge is 0.230 e. The number of imide groups is 1. The molecule has 1 N–H and O–H groups in total. The number of carbonyl (C=O) groups is 3. The van der Waals surface area contributed by atoms with Gasteiger partial charge in [0.05, 0.1) is 6.04 Å². The quantitative estimate of drug-likeness (QED) is 0.827. The van der Waals surface area contributed by atoms with Crippen LogP contribution in [-0.4, -0.2) is 40.4 Å². The summed E-state index contributed by atoms with van der Waals surface area (Å²) in [5, 5.41) is 3.30. The molecule has 3 rings (SSSR count). The zero-order chi connectivity index (χ0) is 22.3. The van der Waals surface area contributed by atoms with Crippen LogP contribution in [0.4, 0.5) is 0 Å². The fraction of sp³-hybridized carbons (Fsp3) is 0.500. The fourth-order valence-electron chi connectivity index (χ4n) is 4.69. The average Bonchev–Trinajstić information content (AvgIpc) is 3.02. The monoisotopic (exact) mass is 409 g/mol. The Morgan fingerprint density at radius 3 is 2.07 bits per heavy atom. The summed E-state index contributed by atoms with van der Waals surface area (Å²) >= 11 is 0. The van der Waals surface area contributed by atoms with Crippen molar-refractivity contribution in [2.24, 2.45) is 10.9 Å². The van der Waals surface area contributed by atoms with Gasteiger partial charge in [0.25, 0.3) is 0 Å². The zero-order valence-corrected chi connectivity index (χ0v) is 18.9. The van der Waals surface area contributed by atoms with Gasteiger partial charge in [0.2, 0.25) is 17.6 Å². The van der Waals surface area contributed by atoms with E-state index in [1.165, 1.54) is 4.90 Å².